The van der Waals surface area contributed by atoms with Gasteiger partial charge in [0.25, 0.3) is 0 Å². The van der Waals surface area contributed by atoms with Crippen LogP contribution in [0.4, 0.5) is 0 Å². The Balaban J connectivity index is 2.21. The van der Waals surface area contributed by atoms with Crippen LogP contribution in [0.15, 0.2) is 0 Å². The Morgan fingerprint density at radius 2 is 2.23 bits per heavy atom. The van der Waals surface area contributed by atoms with Crippen molar-refractivity contribution in [1.82, 2.24) is 15.1 Å². The predicted octanol–water partition coefficient (Wildman–Crippen LogP) is 1.48. The molecule has 2 heterocycles. The number of aryl methyl sites for hydroxylation is 1. The molecule has 13 heavy (non-hydrogen) atoms. The number of aromatic nitrogens is 2. The van der Waals surface area contributed by atoms with Crippen LogP contribution in [0.3, 0.4) is 0 Å². The maximum Gasteiger partial charge on any atom is 0.0797 e. The highest BCUT2D eigenvalue weighted by molar-refractivity contribution is 5.26. The summed E-state index contributed by atoms with van der Waals surface area (Å²) in [5, 5.41) is 7.38. The minimum Gasteiger partial charge on any atom is -0.295 e. The van der Waals surface area contributed by atoms with E-state index < -0.39 is 0 Å². The summed E-state index contributed by atoms with van der Waals surface area (Å²) in [5.74, 6) is 0. The van der Waals surface area contributed by atoms with Crippen molar-refractivity contribution in [3.05, 3.63) is 17.0 Å². The summed E-state index contributed by atoms with van der Waals surface area (Å²) in [6.45, 7) is 8.77. The summed E-state index contributed by atoms with van der Waals surface area (Å²) in [5.41, 5.74) is 3.94. The van der Waals surface area contributed by atoms with Crippen LogP contribution in [0, 0.1) is 6.92 Å². The largest absolute Gasteiger partial charge is 0.295 e. The molecule has 0 atom stereocenters. The smallest absolute Gasteiger partial charge is 0.0797 e. The summed E-state index contributed by atoms with van der Waals surface area (Å²) in [7, 11) is 0. The van der Waals surface area contributed by atoms with Gasteiger partial charge in [0.2, 0.25) is 0 Å². The van der Waals surface area contributed by atoms with Crippen LogP contribution in [0.25, 0.3) is 0 Å². The van der Waals surface area contributed by atoms with Gasteiger partial charge in [-0.3, -0.25) is 10.00 Å². The molecule has 0 amide bonds. The molecule has 0 saturated heterocycles. The van der Waals surface area contributed by atoms with Crippen molar-refractivity contribution in [3.8, 4) is 0 Å². The molecule has 1 aliphatic rings. The van der Waals surface area contributed by atoms with Gasteiger partial charge >= 0.3 is 0 Å². The minimum atomic E-state index is 0.630. The second kappa shape index (κ2) is 3.14. The molecule has 0 unspecified atom stereocenters. The molecule has 0 radical (unpaired) electrons. The number of aromatic amines is 1. The Hall–Kier alpha value is -0.830. The Morgan fingerprint density at radius 1 is 1.46 bits per heavy atom. The summed E-state index contributed by atoms with van der Waals surface area (Å²) < 4.78 is 0. The van der Waals surface area contributed by atoms with Gasteiger partial charge in [0.05, 0.1) is 5.69 Å². The lowest BCUT2D eigenvalue weighted by atomic mass is 10.0. The Bertz CT molecular complexity index is 301. The van der Waals surface area contributed by atoms with Gasteiger partial charge in [-0.2, -0.15) is 5.10 Å². The van der Waals surface area contributed by atoms with E-state index >= 15 is 0 Å². The van der Waals surface area contributed by atoms with Crippen molar-refractivity contribution in [1.29, 1.82) is 0 Å². The zero-order chi connectivity index (χ0) is 9.42. The molecule has 0 spiro atoms. The lowest BCUT2D eigenvalue weighted by molar-refractivity contribution is 0.201. The van der Waals surface area contributed by atoms with Crippen molar-refractivity contribution in [3.63, 3.8) is 0 Å². The van der Waals surface area contributed by atoms with Crippen molar-refractivity contribution < 1.29 is 0 Å². The van der Waals surface area contributed by atoms with Crippen LogP contribution >= 0.6 is 0 Å². The predicted molar refractivity (Wildman–Crippen MR) is 52.6 cm³/mol. The molecule has 1 N–H and O–H groups in total. The van der Waals surface area contributed by atoms with Gasteiger partial charge in [0.15, 0.2) is 0 Å². The fraction of sp³-hybridized carbons (Fsp3) is 0.700. The first kappa shape index (κ1) is 8.75. The fourth-order valence-electron chi connectivity index (χ4n) is 1.93. The maximum atomic E-state index is 4.32. The molecule has 2 rings (SSSR count). The van der Waals surface area contributed by atoms with Crippen molar-refractivity contribution in [2.75, 3.05) is 6.54 Å². The molecule has 3 nitrogen and oxygen atoms in total. The SMILES string of the molecule is Cc1[nH]nc2c1CCN(C(C)C)C2. The zero-order valence-electron chi connectivity index (χ0n) is 8.59. The lowest BCUT2D eigenvalue weighted by Crippen LogP contribution is -2.35. The summed E-state index contributed by atoms with van der Waals surface area (Å²) in [6.07, 6.45) is 1.15. The van der Waals surface area contributed by atoms with E-state index in [4.69, 9.17) is 0 Å². The topological polar surface area (TPSA) is 31.9 Å². The van der Waals surface area contributed by atoms with Gasteiger partial charge in [-0.05, 0) is 32.8 Å². The van der Waals surface area contributed by atoms with Crippen LogP contribution in [-0.2, 0) is 13.0 Å². The second-order valence-corrected chi connectivity index (χ2v) is 4.09. The van der Waals surface area contributed by atoms with Crippen LogP contribution in [0.1, 0.15) is 30.8 Å². The molecular formula is C10H17N3. The fourth-order valence-corrected chi connectivity index (χ4v) is 1.93. The van der Waals surface area contributed by atoms with E-state index in [0.717, 1.165) is 13.0 Å². The van der Waals surface area contributed by atoms with Gasteiger partial charge in [-0.25, -0.2) is 0 Å². The second-order valence-electron chi connectivity index (χ2n) is 4.09. The molecule has 0 fully saturated rings. The van der Waals surface area contributed by atoms with Gasteiger partial charge in [-0.1, -0.05) is 0 Å². The maximum absolute atomic E-state index is 4.32. The number of hydrogen-bond acceptors (Lipinski definition) is 2. The molecule has 0 aliphatic carbocycles. The normalized spacial score (nSPS) is 17.8. The molecule has 1 aliphatic heterocycles. The number of nitrogens with one attached hydrogen (secondary N) is 1. The van der Waals surface area contributed by atoms with E-state index in [1.807, 2.05) is 0 Å². The van der Waals surface area contributed by atoms with Crippen LogP contribution in [0.2, 0.25) is 0 Å². The van der Waals surface area contributed by atoms with Gasteiger partial charge in [0.1, 0.15) is 0 Å². The zero-order valence-corrected chi connectivity index (χ0v) is 8.59. The number of hydrogen-bond donors (Lipinski definition) is 1. The van der Waals surface area contributed by atoms with Crippen LogP contribution in [0.5, 0.6) is 0 Å². The Morgan fingerprint density at radius 3 is 2.92 bits per heavy atom. The number of H-pyrrole nitrogens is 1. The first-order valence-corrected chi connectivity index (χ1v) is 4.95. The highest BCUT2D eigenvalue weighted by Crippen LogP contribution is 2.20. The first-order chi connectivity index (χ1) is 6.18. The van der Waals surface area contributed by atoms with E-state index in [9.17, 15) is 0 Å². The average molecular weight is 179 g/mol. The van der Waals surface area contributed by atoms with E-state index in [0.29, 0.717) is 6.04 Å². The molecule has 0 saturated carbocycles. The monoisotopic (exact) mass is 179 g/mol. The first-order valence-electron chi connectivity index (χ1n) is 4.95. The van der Waals surface area contributed by atoms with E-state index in [-0.39, 0.29) is 0 Å². The molecule has 0 aromatic carbocycles. The summed E-state index contributed by atoms with van der Waals surface area (Å²) in [6, 6.07) is 0.630. The summed E-state index contributed by atoms with van der Waals surface area (Å²) >= 11 is 0. The molecule has 0 bridgehead atoms. The van der Waals surface area contributed by atoms with E-state index in [1.54, 1.807) is 0 Å². The van der Waals surface area contributed by atoms with Crippen molar-refractivity contribution in [2.45, 2.75) is 39.8 Å². The van der Waals surface area contributed by atoms with Crippen LogP contribution in [-0.4, -0.2) is 27.7 Å². The molecule has 3 heteroatoms. The number of rotatable bonds is 1. The highest BCUT2D eigenvalue weighted by atomic mass is 15.2. The third-order valence-electron chi connectivity index (χ3n) is 2.89. The van der Waals surface area contributed by atoms with E-state index in [1.165, 1.54) is 23.5 Å². The van der Waals surface area contributed by atoms with Gasteiger partial charge < -0.3 is 0 Å². The summed E-state index contributed by atoms with van der Waals surface area (Å²) in [4.78, 5) is 2.46. The van der Waals surface area contributed by atoms with Gasteiger partial charge in [-0.15, -0.1) is 0 Å². The minimum absolute atomic E-state index is 0.630. The van der Waals surface area contributed by atoms with E-state index in [2.05, 4.69) is 35.9 Å². The average Bonchev–Trinajstić information content (AvgIpc) is 2.47. The third-order valence-corrected chi connectivity index (χ3v) is 2.89. The Labute approximate surface area is 79.1 Å². The number of fused-ring (bicyclic) bond motifs is 1. The molecule has 1 aromatic heterocycles. The van der Waals surface area contributed by atoms with Crippen molar-refractivity contribution in [2.24, 2.45) is 0 Å². The molecule has 1 aromatic rings. The molecule has 72 valence electrons. The standard InChI is InChI=1S/C10H17N3/c1-7(2)13-5-4-9-8(3)11-12-10(9)6-13/h7H,4-6H2,1-3H3,(H,11,12). The number of nitrogens with zero attached hydrogens (tertiary/aromatic N) is 2. The van der Waals surface area contributed by atoms with Crippen molar-refractivity contribution >= 4 is 0 Å². The van der Waals surface area contributed by atoms with Crippen LogP contribution < -0.4 is 0 Å². The third kappa shape index (κ3) is 1.48. The quantitative estimate of drug-likeness (QED) is 0.708. The highest BCUT2D eigenvalue weighted by Gasteiger charge is 2.21. The lowest BCUT2D eigenvalue weighted by Gasteiger charge is -2.29. The Kier molecular flexibility index (Phi) is 2.12. The molecular weight excluding hydrogens is 162 g/mol. The van der Waals surface area contributed by atoms with Gasteiger partial charge in [0, 0.05) is 24.8 Å².